The number of hydrogen-bond acceptors (Lipinski definition) is 8. The topological polar surface area (TPSA) is 106 Å². The number of aromatic amines is 1. The Morgan fingerprint density at radius 2 is 1.78 bits per heavy atom. The standard InChI is InChI=1S/C31H26ClF3N8O2/c1-44-20-4-2-19(3-5-20)43-29(31(33,34)35)18(14-40-43)16-45-27-7-6-25-23(15-39-41-25)28(27)21-13-26-22(12-24(21)32)30(38-17-37-26)42-10-8-36-9-11-42/h2-7,12-15,17,36H,8-11,16H2,1H3,(H,39,41). The minimum atomic E-state index is -4.70. The zero-order chi connectivity index (χ0) is 31.1. The number of H-pyrrole nitrogens is 1. The van der Waals surface area contributed by atoms with Gasteiger partial charge in [0.1, 0.15) is 30.3 Å². The van der Waals surface area contributed by atoms with Crippen LogP contribution in [0.15, 0.2) is 67.3 Å². The molecule has 1 saturated heterocycles. The van der Waals surface area contributed by atoms with Gasteiger partial charge in [-0.15, -0.1) is 0 Å². The van der Waals surface area contributed by atoms with E-state index in [9.17, 15) is 13.2 Å². The fraction of sp³-hybridized carbons (Fsp3) is 0.226. The third-order valence-corrected chi connectivity index (χ3v) is 8.10. The summed E-state index contributed by atoms with van der Waals surface area (Å²) in [5.74, 6) is 1.64. The molecule has 14 heteroatoms. The summed E-state index contributed by atoms with van der Waals surface area (Å²) < 4.78 is 55.3. The lowest BCUT2D eigenvalue weighted by Gasteiger charge is -2.29. The fourth-order valence-electron chi connectivity index (χ4n) is 5.64. The lowest BCUT2D eigenvalue weighted by atomic mass is 9.99. The largest absolute Gasteiger partial charge is 0.497 e. The minimum absolute atomic E-state index is 0.130. The number of piperazine rings is 1. The molecule has 6 aromatic rings. The van der Waals surface area contributed by atoms with Crippen LogP contribution in [0.4, 0.5) is 19.0 Å². The Bertz CT molecular complexity index is 2000. The molecule has 0 radical (unpaired) electrons. The van der Waals surface area contributed by atoms with Crippen LogP contribution < -0.4 is 19.7 Å². The minimum Gasteiger partial charge on any atom is -0.497 e. The molecule has 1 aliphatic rings. The Hall–Kier alpha value is -4.88. The normalized spacial score (nSPS) is 13.9. The van der Waals surface area contributed by atoms with Gasteiger partial charge in [-0.3, -0.25) is 5.10 Å². The second-order valence-electron chi connectivity index (χ2n) is 10.5. The van der Waals surface area contributed by atoms with E-state index < -0.39 is 18.5 Å². The van der Waals surface area contributed by atoms with Crippen LogP contribution >= 0.6 is 11.6 Å². The molecular weight excluding hydrogens is 609 g/mol. The van der Waals surface area contributed by atoms with Crippen LogP contribution in [0.2, 0.25) is 5.02 Å². The van der Waals surface area contributed by atoms with Crippen LogP contribution in [0.25, 0.3) is 38.6 Å². The summed E-state index contributed by atoms with van der Waals surface area (Å²) in [5.41, 5.74) is 1.73. The highest BCUT2D eigenvalue weighted by Crippen LogP contribution is 2.43. The maximum atomic E-state index is 14.4. The number of aromatic nitrogens is 6. The average molecular weight is 635 g/mol. The number of hydrogen-bond donors (Lipinski definition) is 2. The van der Waals surface area contributed by atoms with E-state index >= 15 is 0 Å². The van der Waals surface area contributed by atoms with Gasteiger partial charge in [-0.05, 0) is 48.5 Å². The molecule has 7 rings (SSSR count). The number of alkyl halides is 3. The van der Waals surface area contributed by atoms with Gasteiger partial charge >= 0.3 is 6.18 Å². The zero-order valence-electron chi connectivity index (χ0n) is 23.9. The molecule has 230 valence electrons. The molecular formula is C31H26ClF3N8O2. The summed E-state index contributed by atoms with van der Waals surface area (Å²) in [6.45, 7) is 2.88. The summed E-state index contributed by atoms with van der Waals surface area (Å²) in [6, 6.07) is 13.3. The van der Waals surface area contributed by atoms with Crippen LogP contribution in [0.1, 0.15) is 11.3 Å². The molecule has 1 fully saturated rings. The molecule has 2 N–H and O–H groups in total. The lowest BCUT2D eigenvalue weighted by molar-refractivity contribution is -0.143. The molecule has 3 aromatic carbocycles. The smallest absolute Gasteiger partial charge is 0.433 e. The number of benzene rings is 3. The van der Waals surface area contributed by atoms with Crippen LogP contribution in [-0.2, 0) is 12.8 Å². The van der Waals surface area contributed by atoms with E-state index in [-0.39, 0.29) is 11.3 Å². The van der Waals surface area contributed by atoms with Crippen molar-refractivity contribution in [3.8, 4) is 28.3 Å². The predicted octanol–water partition coefficient (Wildman–Crippen LogP) is 6.03. The molecule has 0 saturated carbocycles. The van der Waals surface area contributed by atoms with Crippen molar-refractivity contribution >= 4 is 39.2 Å². The predicted molar refractivity (Wildman–Crippen MR) is 164 cm³/mol. The number of nitrogens with zero attached hydrogens (tertiary/aromatic N) is 6. The summed E-state index contributed by atoms with van der Waals surface area (Å²) in [7, 11) is 1.48. The fourth-order valence-corrected chi connectivity index (χ4v) is 5.90. The highest BCUT2D eigenvalue weighted by molar-refractivity contribution is 6.35. The molecule has 0 atom stereocenters. The molecule has 0 aliphatic carbocycles. The zero-order valence-corrected chi connectivity index (χ0v) is 24.7. The molecule has 4 heterocycles. The summed E-state index contributed by atoms with van der Waals surface area (Å²) in [4.78, 5) is 11.2. The first kappa shape index (κ1) is 28.9. The molecule has 3 aromatic heterocycles. The number of ether oxygens (including phenoxy) is 2. The van der Waals surface area contributed by atoms with Crippen LogP contribution in [0, 0.1) is 0 Å². The molecule has 0 bridgehead atoms. The maximum Gasteiger partial charge on any atom is 0.433 e. The van der Waals surface area contributed by atoms with E-state index in [0.717, 1.165) is 42.1 Å². The summed E-state index contributed by atoms with van der Waals surface area (Å²) >= 11 is 6.94. The number of nitrogens with one attached hydrogen (secondary N) is 2. The third kappa shape index (κ3) is 5.38. The second-order valence-corrected chi connectivity index (χ2v) is 10.9. The molecule has 1 aliphatic heterocycles. The molecule has 10 nitrogen and oxygen atoms in total. The number of methoxy groups -OCH3 is 1. The number of rotatable bonds is 7. The van der Waals surface area contributed by atoms with Crippen LogP contribution in [0.5, 0.6) is 11.5 Å². The Balaban J connectivity index is 1.28. The van der Waals surface area contributed by atoms with Gasteiger partial charge in [0.25, 0.3) is 0 Å². The third-order valence-electron chi connectivity index (χ3n) is 7.79. The van der Waals surface area contributed by atoms with E-state index in [0.29, 0.717) is 44.1 Å². The van der Waals surface area contributed by atoms with Crippen molar-refractivity contribution in [2.45, 2.75) is 12.8 Å². The molecule has 0 spiro atoms. The highest BCUT2D eigenvalue weighted by Gasteiger charge is 2.39. The van der Waals surface area contributed by atoms with Crippen molar-refractivity contribution in [1.82, 2.24) is 35.3 Å². The van der Waals surface area contributed by atoms with Crippen LogP contribution in [0.3, 0.4) is 0 Å². The van der Waals surface area contributed by atoms with E-state index in [1.807, 2.05) is 12.1 Å². The van der Waals surface area contributed by atoms with Gasteiger partial charge in [0.15, 0.2) is 5.69 Å². The average Bonchev–Trinajstić information content (AvgIpc) is 3.71. The Morgan fingerprint density at radius 1 is 0.978 bits per heavy atom. The van der Waals surface area contributed by atoms with Gasteiger partial charge in [-0.2, -0.15) is 23.4 Å². The highest BCUT2D eigenvalue weighted by atomic mass is 35.5. The van der Waals surface area contributed by atoms with Gasteiger partial charge in [-0.25, -0.2) is 14.6 Å². The van der Waals surface area contributed by atoms with Gasteiger partial charge in [0.05, 0.1) is 36.2 Å². The van der Waals surface area contributed by atoms with Crippen molar-refractivity contribution in [3.63, 3.8) is 0 Å². The van der Waals surface area contributed by atoms with E-state index in [1.165, 1.54) is 31.8 Å². The van der Waals surface area contributed by atoms with Gasteiger partial charge < -0.3 is 19.7 Å². The van der Waals surface area contributed by atoms with Crippen molar-refractivity contribution in [2.75, 3.05) is 38.2 Å². The van der Waals surface area contributed by atoms with E-state index in [2.05, 4.69) is 35.5 Å². The number of fused-ring (bicyclic) bond motifs is 2. The molecule has 0 amide bonds. The number of anilines is 1. The van der Waals surface area contributed by atoms with Crippen molar-refractivity contribution < 1.29 is 22.6 Å². The van der Waals surface area contributed by atoms with Crippen molar-refractivity contribution in [2.24, 2.45) is 0 Å². The maximum absolute atomic E-state index is 14.4. The number of halogens is 4. The second kappa shape index (κ2) is 11.6. The van der Waals surface area contributed by atoms with E-state index in [1.54, 1.807) is 30.5 Å². The Kier molecular flexibility index (Phi) is 7.42. The first-order chi connectivity index (χ1) is 21.8. The Morgan fingerprint density at radius 3 is 2.53 bits per heavy atom. The first-order valence-corrected chi connectivity index (χ1v) is 14.5. The van der Waals surface area contributed by atoms with E-state index in [4.69, 9.17) is 21.1 Å². The van der Waals surface area contributed by atoms with Crippen LogP contribution in [-0.4, -0.2) is 63.2 Å². The van der Waals surface area contributed by atoms with Gasteiger partial charge in [0.2, 0.25) is 0 Å². The molecule has 45 heavy (non-hydrogen) atoms. The van der Waals surface area contributed by atoms with Crippen molar-refractivity contribution in [1.29, 1.82) is 0 Å². The van der Waals surface area contributed by atoms with Gasteiger partial charge in [0, 0.05) is 58.7 Å². The summed E-state index contributed by atoms with van der Waals surface area (Å²) in [5, 5.41) is 16.4. The quantitative estimate of drug-likeness (QED) is 0.219. The van der Waals surface area contributed by atoms with Gasteiger partial charge in [-0.1, -0.05) is 11.6 Å². The molecule has 0 unspecified atom stereocenters. The summed E-state index contributed by atoms with van der Waals surface area (Å²) in [6.07, 6.45) is -0.379. The Labute approximate surface area is 259 Å². The monoisotopic (exact) mass is 634 g/mol. The first-order valence-electron chi connectivity index (χ1n) is 14.1. The lowest BCUT2D eigenvalue weighted by Crippen LogP contribution is -2.44. The SMILES string of the molecule is COc1ccc(-n2ncc(COc3ccc4[nH]ncc4c3-c3cc4ncnc(N5CCNCC5)c4cc3Cl)c2C(F)(F)F)cc1. The van der Waals surface area contributed by atoms with Crippen molar-refractivity contribution in [3.05, 3.63) is 83.5 Å².